The number of rotatable bonds is 6. The summed E-state index contributed by atoms with van der Waals surface area (Å²) in [5.74, 6) is 0.0569. The number of unbranched alkanes of at least 4 members (excludes halogenated alkanes) is 1. The molecule has 2 aliphatic rings. The zero-order valence-corrected chi connectivity index (χ0v) is 18.3. The zero-order valence-electron chi connectivity index (χ0n) is 18.3. The second-order valence-corrected chi connectivity index (χ2v) is 8.41. The van der Waals surface area contributed by atoms with Gasteiger partial charge in [0.25, 0.3) is 5.91 Å². The number of urea groups is 1. The van der Waals surface area contributed by atoms with Crippen LogP contribution in [-0.2, 0) is 13.0 Å². The standard InChI is InChI=1S/C25H32N4O2/c1-2-3-13-26-25(31)27-21-10-11-23(22(17-21)24(30)28-14-6-7-15-28)29-16-12-19-8-4-5-9-20(19)18-29/h4-5,8-11,17H,2-3,6-7,12-16,18H2,1H3,(H2,26,27,31). The van der Waals surface area contributed by atoms with Gasteiger partial charge in [0, 0.05) is 44.1 Å². The minimum atomic E-state index is -0.229. The molecule has 0 spiro atoms. The summed E-state index contributed by atoms with van der Waals surface area (Å²) in [5.41, 5.74) is 4.97. The molecular formula is C25H32N4O2. The van der Waals surface area contributed by atoms with Crippen LogP contribution in [0.25, 0.3) is 0 Å². The van der Waals surface area contributed by atoms with E-state index in [1.54, 1.807) is 0 Å². The van der Waals surface area contributed by atoms with Crippen molar-refractivity contribution in [2.45, 2.75) is 45.6 Å². The molecule has 6 heteroatoms. The van der Waals surface area contributed by atoms with Gasteiger partial charge in [-0.1, -0.05) is 37.6 Å². The maximum absolute atomic E-state index is 13.4. The molecule has 0 aromatic heterocycles. The molecule has 0 aliphatic carbocycles. The maximum atomic E-state index is 13.4. The van der Waals surface area contributed by atoms with Gasteiger partial charge in [-0.25, -0.2) is 4.79 Å². The molecule has 31 heavy (non-hydrogen) atoms. The average molecular weight is 421 g/mol. The summed E-state index contributed by atoms with van der Waals surface area (Å²) >= 11 is 0. The molecule has 0 saturated carbocycles. The zero-order chi connectivity index (χ0) is 21.6. The molecule has 0 radical (unpaired) electrons. The van der Waals surface area contributed by atoms with E-state index in [2.05, 4.69) is 46.7 Å². The highest BCUT2D eigenvalue weighted by Gasteiger charge is 2.26. The number of fused-ring (bicyclic) bond motifs is 1. The fraction of sp³-hybridized carbons (Fsp3) is 0.440. The first-order valence-electron chi connectivity index (χ1n) is 11.5. The van der Waals surface area contributed by atoms with Crippen molar-refractivity contribution in [1.82, 2.24) is 10.2 Å². The van der Waals surface area contributed by atoms with Gasteiger partial charge in [-0.3, -0.25) is 4.79 Å². The van der Waals surface area contributed by atoms with Crippen molar-refractivity contribution >= 4 is 23.3 Å². The number of amides is 3. The van der Waals surface area contributed by atoms with Gasteiger partial charge in [0.1, 0.15) is 0 Å². The third-order valence-corrected chi connectivity index (χ3v) is 6.17. The van der Waals surface area contributed by atoms with Crippen LogP contribution < -0.4 is 15.5 Å². The number of likely N-dealkylation sites (tertiary alicyclic amines) is 1. The Morgan fingerprint density at radius 2 is 1.77 bits per heavy atom. The van der Waals surface area contributed by atoms with Crippen molar-refractivity contribution in [2.75, 3.05) is 36.4 Å². The summed E-state index contributed by atoms with van der Waals surface area (Å²) in [6, 6.07) is 14.0. The molecule has 2 aliphatic heterocycles. The highest BCUT2D eigenvalue weighted by Crippen LogP contribution is 2.31. The summed E-state index contributed by atoms with van der Waals surface area (Å²) in [6.45, 7) is 6.01. The first-order chi connectivity index (χ1) is 15.2. The predicted molar refractivity (Wildman–Crippen MR) is 125 cm³/mol. The van der Waals surface area contributed by atoms with Gasteiger partial charge in [-0.15, -0.1) is 0 Å². The number of nitrogens with one attached hydrogen (secondary N) is 2. The monoisotopic (exact) mass is 420 g/mol. The van der Waals surface area contributed by atoms with Crippen LogP contribution in [0.4, 0.5) is 16.2 Å². The van der Waals surface area contributed by atoms with E-state index in [9.17, 15) is 9.59 Å². The van der Waals surface area contributed by atoms with E-state index in [4.69, 9.17) is 0 Å². The Kier molecular flexibility index (Phi) is 6.75. The maximum Gasteiger partial charge on any atom is 0.319 e. The Labute approximate surface area is 184 Å². The quantitative estimate of drug-likeness (QED) is 0.681. The summed E-state index contributed by atoms with van der Waals surface area (Å²) < 4.78 is 0. The van der Waals surface area contributed by atoms with E-state index in [0.29, 0.717) is 17.8 Å². The molecule has 4 rings (SSSR count). The largest absolute Gasteiger partial charge is 0.366 e. The summed E-state index contributed by atoms with van der Waals surface area (Å²) in [4.78, 5) is 29.8. The van der Waals surface area contributed by atoms with E-state index >= 15 is 0 Å². The van der Waals surface area contributed by atoms with Gasteiger partial charge < -0.3 is 20.4 Å². The molecule has 2 N–H and O–H groups in total. The van der Waals surface area contributed by atoms with Gasteiger partial charge in [0.2, 0.25) is 0 Å². The van der Waals surface area contributed by atoms with Crippen molar-refractivity contribution in [3.8, 4) is 0 Å². The number of carbonyl (C=O) groups is 2. The summed E-state index contributed by atoms with van der Waals surface area (Å²) in [6.07, 6.45) is 5.04. The number of hydrogen-bond donors (Lipinski definition) is 2. The Bertz CT molecular complexity index is 937. The second kappa shape index (κ2) is 9.86. The number of benzene rings is 2. The van der Waals surface area contributed by atoms with E-state index in [-0.39, 0.29) is 11.9 Å². The molecule has 0 bridgehead atoms. The lowest BCUT2D eigenvalue weighted by Gasteiger charge is -2.33. The van der Waals surface area contributed by atoms with Gasteiger partial charge in [0.15, 0.2) is 0 Å². The van der Waals surface area contributed by atoms with Crippen molar-refractivity contribution in [3.63, 3.8) is 0 Å². The van der Waals surface area contributed by atoms with Gasteiger partial charge in [0.05, 0.1) is 5.56 Å². The minimum absolute atomic E-state index is 0.0569. The molecule has 2 heterocycles. The first kappa shape index (κ1) is 21.2. The fourth-order valence-corrected chi connectivity index (χ4v) is 4.41. The smallest absolute Gasteiger partial charge is 0.319 e. The van der Waals surface area contributed by atoms with Crippen LogP contribution in [0, 0.1) is 0 Å². The molecule has 0 unspecified atom stereocenters. The van der Waals surface area contributed by atoms with Crippen LogP contribution in [0.3, 0.4) is 0 Å². The molecule has 0 atom stereocenters. The summed E-state index contributed by atoms with van der Waals surface area (Å²) in [5, 5.41) is 5.76. The molecule has 1 fully saturated rings. The van der Waals surface area contributed by atoms with Crippen LogP contribution in [0.2, 0.25) is 0 Å². The number of anilines is 2. The highest BCUT2D eigenvalue weighted by atomic mass is 16.2. The van der Waals surface area contributed by atoms with Crippen LogP contribution in [0.5, 0.6) is 0 Å². The third-order valence-electron chi connectivity index (χ3n) is 6.17. The molecule has 2 aromatic carbocycles. The van der Waals surface area contributed by atoms with Gasteiger partial charge in [-0.2, -0.15) is 0 Å². The molecule has 2 aromatic rings. The Morgan fingerprint density at radius 3 is 2.55 bits per heavy atom. The van der Waals surface area contributed by atoms with E-state index < -0.39 is 0 Å². The predicted octanol–water partition coefficient (Wildman–Crippen LogP) is 4.41. The normalized spacial score (nSPS) is 15.5. The highest BCUT2D eigenvalue weighted by molar-refractivity contribution is 6.02. The van der Waals surface area contributed by atoms with E-state index in [1.807, 2.05) is 23.1 Å². The van der Waals surface area contributed by atoms with Crippen LogP contribution in [0.1, 0.15) is 54.1 Å². The molecular weight excluding hydrogens is 388 g/mol. The SMILES string of the molecule is CCCCNC(=O)Nc1ccc(N2CCc3ccccc3C2)c(C(=O)N2CCCC2)c1. The molecule has 164 valence electrons. The van der Waals surface area contributed by atoms with Gasteiger partial charge >= 0.3 is 6.03 Å². The number of carbonyl (C=O) groups excluding carboxylic acids is 2. The van der Waals surface area contributed by atoms with Crippen molar-refractivity contribution in [2.24, 2.45) is 0 Å². The molecule has 1 saturated heterocycles. The lowest BCUT2D eigenvalue weighted by atomic mass is 9.98. The second-order valence-electron chi connectivity index (χ2n) is 8.41. The molecule has 6 nitrogen and oxygen atoms in total. The molecule has 3 amide bonds. The van der Waals surface area contributed by atoms with Crippen molar-refractivity contribution in [3.05, 3.63) is 59.2 Å². The van der Waals surface area contributed by atoms with Crippen molar-refractivity contribution < 1.29 is 9.59 Å². The van der Waals surface area contributed by atoms with Crippen LogP contribution in [-0.4, -0.2) is 43.0 Å². The minimum Gasteiger partial charge on any atom is -0.366 e. The Balaban J connectivity index is 1.58. The summed E-state index contributed by atoms with van der Waals surface area (Å²) in [7, 11) is 0. The number of nitrogens with zero attached hydrogens (tertiary/aromatic N) is 2. The third kappa shape index (κ3) is 5.01. The Hall–Kier alpha value is -3.02. The first-order valence-corrected chi connectivity index (χ1v) is 11.5. The average Bonchev–Trinajstić information content (AvgIpc) is 3.33. The van der Waals surface area contributed by atoms with Gasteiger partial charge in [-0.05, 0) is 55.0 Å². The fourth-order valence-electron chi connectivity index (χ4n) is 4.41. The lowest BCUT2D eigenvalue weighted by Crippen LogP contribution is -2.34. The van der Waals surface area contributed by atoms with E-state index in [0.717, 1.165) is 64.0 Å². The van der Waals surface area contributed by atoms with Crippen LogP contribution in [0.15, 0.2) is 42.5 Å². The Morgan fingerprint density at radius 1 is 1.00 bits per heavy atom. The van der Waals surface area contributed by atoms with Crippen molar-refractivity contribution in [1.29, 1.82) is 0 Å². The lowest BCUT2D eigenvalue weighted by molar-refractivity contribution is 0.0793. The number of hydrogen-bond acceptors (Lipinski definition) is 3. The van der Waals surface area contributed by atoms with Crippen LogP contribution >= 0.6 is 0 Å². The van der Waals surface area contributed by atoms with E-state index in [1.165, 1.54) is 11.1 Å². The topological polar surface area (TPSA) is 64.7 Å².